The number of carbonyl (C=O) groups excluding carboxylic acids is 3. The number of nitrogens with zero attached hydrogens (tertiary/aromatic N) is 4. The monoisotopic (exact) mass is 592 g/mol. The van der Waals surface area contributed by atoms with Gasteiger partial charge in [0.05, 0.1) is 6.04 Å². The van der Waals surface area contributed by atoms with E-state index < -0.39 is 11.9 Å². The van der Waals surface area contributed by atoms with E-state index in [9.17, 15) is 18.8 Å². The van der Waals surface area contributed by atoms with Crippen molar-refractivity contribution in [2.24, 2.45) is 5.92 Å². The average molecular weight is 593 g/mol. The maximum atomic E-state index is 13.8. The Hall–Kier alpha value is -3.98. The summed E-state index contributed by atoms with van der Waals surface area (Å²) in [5, 5.41) is 0.612. The summed E-state index contributed by atoms with van der Waals surface area (Å²) in [6.45, 7) is 6.00. The summed E-state index contributed by atoms with van der Waals surface area (Å²) >= 11 is 6.16. The van der Waals surface area contributed by atoms with Crippen molar-refractivity contribution in [3.63, 3.8) is 0 Å². The van der Waals surface area contributed by atoms with E-state index in [-0.39, 0.29) is 35.3 Å². The predicted octanol–water partition coefficient (Wildman–Crippen LogP) is 5.81. The number of piperidine rings is 1. The molecule has 2 fully saturated rings. The van der Waals surface area contributed by atoms with Crippen molar-refractivity contribution >= 4 is 35.2 Å². The Morgan fingerprint density at radius 1 is 1.00 bits per heavy atom. The highest BCUT2D eigenvalue weighted by Gasteiger charge is 2.43. The van der Waals surface area contributed by atoms with Crippen LogP contribution in [0.5, 0.6) is 5.75 Å². The van der Waals surface area contributed by atoms with Crippen LogP contribution in [0.3, 0.4) is 0 Å². The quantitative estimate of drug-likeness (QED) is 0.322. The van der Waals surface area contributed by atoms with Crippen LogP contribution in [0.4, 0.5) is 15.0 Å². The molecule has 3 heterocycles. The maximum Gasteiger partial charge on any atom is 0.415 e. The fraction of sp³-hybridized carbons (Fsp3) is 0.375. The number of rotatable bonds is 7. The largest absolute Gasteiger partial charge is 0.415 e. The van der Waals surface area contributed by atoms with Gasteiger partial charge in [0.1, 0.15) is 17.4 Å². The van der Waals surface area contributed by atoms with Crippen molar-refractivity contribution in [2.45, 2.75) is 38.6 Å². The summed E-state index contributed by atoms with van der Waals surface area (Å²) in [7, 11) is 0. The number of carbonyl (C=O) groups is 3. The van der Waals surface area contributed by atoms with E-state index in [0.29, 0.717) is 56.2 Å². The molecule has 2 aromatic carbocycles. The molecular weight excluding hydrogens is 559 g/mol. The van der Waals surface area contributed by atoms with Gasteiger partial charge in [-0.3, -0.25) is 9.59 Å². The van der Waals surface area contributed by atoms with Crippen LogP contribution in [-0.2, 0) is 4.79 Å². The minimum atomic E-state index is -0.543. The molecule has 3 aromatic rings. The van der Waals surface area contributed by atoms with Crippen LogP contribution in [0.2, 0.25) is 5.02 Å². The van der Waals surface area contributed by atoms with Gasteiger partial charge in [-0.2, -0.15) is 0 Å². The molecule has 2 amide bonds. The molecule has 1 aromatic heterocycles. The van der Waals surface area contributed by atoms with Crippen molar-refractivity contribution in [1.29, 1.82) is 0 Å². The second-order valence-electron chi connectivity index (χ2n) is 10.8. The number of anilines is 1. The van der Waals surface area contributed by atoms with Crippen LogP contribution in [0.25, 0.3) is 0 Å². The molecule has 0 aliphatic carbocycles. The Labute approximate surface area is 250 Å². The molecule has 1 unspecified atom stereocenters. The van der Waals surface area contributed by atoms with E-state index in [1.54, 1.807) is 17.2 Å². The highest BCUT2D eigenvalue weighted by molar-refractivity contribution is 6.30. The Kier molecular flexibility index (Phi) is 9.06. The Morgan fingerprint density at radius 2 is 1.69 bits per heavy atom. The standard InChI is InChI=1S/C32H34ClFN4O4/c1-3-38(32(41)42-27-11-9-26(34)10-12-27)29-20-37(19-28(29)22-4-7-25(33)8-5-22)31(40)23-14-16-36(17-15-23)30-13-6-24(18-35-30)21(2)39/h4-13,18,23,28-29H,3,14-17,19-20H2,1-2H3/t28?,29-/m1/s1. The molecule has 0 spiro atoms. The number of ketones is 1. The minimum Gasteiger partial charge on any atom is -0.410 e. The maximum absolute atomic E-state index is 13.8. The lowest BCUT2D eigenvalue weighted by atomic mass is 9.93. The first kappa shape index (κ1) is 29.5. The third-order valence-corrected chi connectivity index (χ3v) is 8.47. The van der Waals surface area contributed by atoms with Crippen molar-refractivity contribution in [3.8, 4) is 5.75 Å². The molecule has 10 heteroatoms. The van der Waals surface area contributed by atoms with Crippen LogP contribution in [0.15, 0.2) is 66.9 Å². The zero-order chi connectivity index (χ0) is 29.8. The van der Waals surface area contributed by atoms with Gasteiger partial charge < -0.3 is 19.4 Å². The van der Waals surface area contributed by atoms with Gasteiger partial charge in [0, 0.05) is 61.3 Å². The molecule has 0 radical (unpaired) electrons. The zero-order valence-electron chi connectivity index (χ0n) is 23.7. The summed E-state index contributed by atoms with van der Waals surface area (Å²) in [4.78, 5) is 48.8. The molecule has 0 bridgehead atoms. The number of likely N-dealkylation sites (N-methyl/N-ethyl adjacent to an activating group) is 1. The molecule has 220 valence electrons. The van der Waals surface area contributed by atoms with E-state index in [0.717, 1.165) is 11.4 Å². The lowest BCUT2D eigenvalue weighted by molar-refractivity contribution is -0.135. The second kappa shape index (κ2) is 12.9. The van der Waals surface area contributed by atoms with Crippen molar-refractivity contribution < 1.29 is 23.5 Å². The summed E-state index contributed by atoms with van der Waals surface area (Å²) in [6.07, 6.45) is 2.42. The zero-order valence-corrected chi connectivity index (χ0v) is 24.5. The molecule has 5 rings (SSSR count). The summed E-state index contributed by atoms with van der Waals surface area (Å²) in [5.41, 5.74) is 1.56. The van der Waals surface area contributed by atoms with Gasteiger partial charge >= 0.3 is 6.09 Å². The van der Waals surface area contributed by atoms with Gasteiger partial charge in [-0.25, -0.2) is 14.2 Å². The number of aromatic nitrogens is 1. The average Bonchev–Trinajstić information content (AvgIpc) is 3.44. The van der Waals surface area contributed by atoms with Gasteiger partial charge in [0.25, 0.3) is 0 Å². The molecule has 2 atom stereocenters. The van der Waals surface area contributed by atoms with Crippen LogP contribution in [0, 0.1) is 11.7 Å². The molecule has 0 saturated carbocycles. The third-order valence-electron chi connectivity index (χ3n) is 8.22. The van der Waals surface area contributed by atoms with Gasteiger partial charge in [0.2, 0.25) is 5.91 Å². The first-order chi connectivity index (χ1) is 20.2. The van der Waals surface area contributed by atoms with Crippen molar-refractivity contribution in [3.05, 3.63) is 88.8 Å². The molecule has 42 heavy (non-hydrogen) atoms. The summed E-state index contributed by atoms with van der Waals surface area (Å²) in [6, 6.07) is 16.2. The molecule has 2 saturated heterocycles. The van der Waals surface area contributed by atoms with E-state index in [1.807, 2.05) is 42.2 Å². The number of hydrogen-bond donors (Lipinski definition) is 0. The van der Waals surface area contributed by atoms with E-state index >= 15 is 0 Å². The Bertz CT molecular complexity index is 1410. The predicted molar refractivity (Wildman–Crippen MR) is 159 cm³/mol. The SMILES string of the molecule is CCN(C(=O)Oc1ccc(F)cc1)[C@@H]1CN(C(=O)C2CCN(c3ccc(C(C)=O)cn3)CC2)CC1c1ccc(Cl)cc1. The first-order valence-corrected chi connectivity index (χ1v) is 14.6. The number of pyridine rings is 1. The Morgan fingerprint density at radius 3 is 2.29 bits per heavy atom. The molecular formula is C32H34ClFN4O4. The second-order valence-corrected chi connectivity index (χ2v) is 11.2. The van der Waals surface area contributed by atoms with Gasteiger partial charge in [-0.05, 0) is 80.8 Å². The number of likely N-dealkylation sites (tertiary alicyclic amines) is 1. The highest BCUT2D eigenvalue weighted by atomic mass is 35.5. The van der Waals surface area contributed by atoms with E-state index in [4.69, 9.17) is 16.3 Å². The molecule has 2 aliphatic rings. The van der Waals surface area contributed by atoms with Gasteiger partial charge in [-0.15, -0.1) is 0 Å². The lowest BCUT2D eigenvalue weighted by Gasteiger charge is -2.34. The molecule has 0 N–H and O–H groups in total. The number of halogens is 2. The molecule has 8 nitrogen and oxygen atoms in total. The van der Waals surface area contributed by atoms with Gasteiger partial charge in [0.15, 0.2) is 5.78 Å². The van der Waals surface area contributed by atoms with Crippen LogP contribution in [-0.4, -0.2) is 71.3 Å². The number of hydrogen-bond acceptors (Lipinski definition) is 6. The van der Waals surface area contributed by atoms with Crippen LogP contribution in [0.1, 0.15) is 48.5 Å². The van der Waals surface area contributed by atoms with E-state index in [1.165, 1.54) is 31.2 Å². The minimum absolute atomic E-state index is 0.0236. The highest BCUT2D eigenvalue weighted by Crippen LogP contribution is 2.35. The van der Waals surface area contributed by atoms with Crippen molar-refractivity contribution in [2.75, 3.05) is 37.6 Å². The number of amides is 2. The van der Waals surface area contributed by atoms with Crippen LogP contribution >= 0.6 is 11.6 Å². The molecule has 2 aliphatic heterocycles. The van der Waals surface area contributed by atoms with Crippen molar-refractivity contribution in [1.82, 2.24) is 14.8 Å². The van der Waals surface area contributed by atoms with Crippen LogP contribution < -0.4 is 9.64 Å². The Balaban J connectivity index is 1.29. The fourth-order valence-electron chi connectivity index (χ4n) is 5.88. The number of benzene rings is 2. The smallest absolute Gasteiger partial charge is 0.410 e. The number of ether oxygens (including phenoxy) is 1. The topological polar surface area (TPSA) is 83.0 Å². The van der Waals surface area contributed by atoms with Gasteiger partial charge in [-0.1, -0.05) is 23.7 Å². The third kappa shape index (κ3) is 6.57. The van der Waals surface area contributed by atoms with E-state index in [2.05, 4.69) is 9.88 Å². The normalized spacial score (nSPS) is 19.0. The lowest BCUT2D eigenvalue weighted by Crippen LogP contribution is -2.47. The summed E-state index contributed by atoms with van der Waals surface area (Å²) in [5.74, 6) is 0.435. The first-order valence-electron chi connectivity index (χ1n) is 14.2. The fourth-order valence-corrected chi connectivity index (χ4v) is 6.00. The number of Topliss-reactive ketones (excluding diaryl/α,β-unsaturated/α-hetero) is 1. The summed E-state index contributed by atoms with van der Waals surface area (Å²) < 4.78 is 19.0.